The molecule has 146 valence electrons. The third-order valence-electron chi connectivity index (χ3n) is 4.59. The van der Waals surface area contributed by atoms with Crippen molar-refractivity contribution in [1.82, 2.24) is 0 Å². The molecule has 7 nitrogen and oxygen atoms in total. The van der Waals surface area contributed by atoms with Crippen molar-refractivity contribution in [3.05, 3.63) is 39.8 Å². The Morgan fingerprint density at radius 1 is 1.19 bits per heavy atom. The number of nitrogens with zero attached hydrogens (tertiary/aromatic N) is 3. The Kier molecular flexibility index (Phi) is 4.58. The van der Waals surface area contributed by atoms with E-state index in [9.17, 15) is 32.8 Å². The summed E-state index contributed by atoms with van der Waals surface area (Å²) in [7, 11) is 0. The molecule has 1 aliphatic rings. The monoisotopic (exact) mass is 388 g/mol. The van der Waals surface area contributed by atoms with E-state index in [1.165, 1.54) is 0 Å². The minimum absolute atomic E-state index is 0.0340. The van der Waals surface area contributed by atoms with Crippen molar-refractivity contribution in [2.24, 2.45) is 5.73 Å². The van der Waals surface area contributed by atoms with Crippen molar-refractivity contribution in [3.63, 3.8) is 0 Å². The van der Waals surface area contributed by atoms with E-state index >= 15 is 0 Å². The van der Waals surface area contributed by atoms with Gasteiger partial charge < -0.3 is 21.0 Å². The number of alkyl halides is 3. The van der Waals surface area contributed by atoms with Crippen molar-refractivity contribution in [3.8, 4) is 0 Å². The molecule has 0 spiro atoms. The Bertz CT molecular complexity index is 924. The van der Waals surface area contributed by atoms with Crippen molar-refractivity contribution >= 4 is 22.5 Å². The SMILES string of the molecule is CC(=O)c1c(C(F)(F)F)[n+]([O-])c2cc(F)c(N3CCC(N)CC3)cc2[n+]1[O-]. The molecule has 0 atom stereocenters. The second-order valence-electron chi connectivity index (χ2n) is 6.46. The van der Waals surface area contributed by atoms with Crippen molar-refractivity contribution in [1.29, 1.82) is 0 Å². The molecule has 1 saturated heterocycles. The van der Waals surface area contributed by atoms with E-state index in [2.05, 4.69) is 0 Å². The number of anilines is 1. The minimum atomic E-state index is -5.26. The maximum absolute atomic E-state index is 14.5. The van der Waals surface area contributed by atoms with Crippen LogP contribution in [0.4, 0.5) is 23.2 Å². The molecule has 0 radical (unpaired) electrons. The van der Waals surface area contributed by atoms with E-state index in [0.717, 1.165) is 13.0 Å². The van der Waals surface area contributed by atoms with Gasteiger partial charge in [0, 0.05) is 32.1 Å². The molecular weight excluding hydrogens is 372 g/mol. The van der Waals surface area contributed by atoms with Crippen molar-refractivity contribution in [2.45, 2.75) is 32.0 Å². The first-order chi connectivity index (χ1) is 12.5. The van der Waals surface area contributed by atoms with Gasteiger partial charge in [-0.05, 0) is 12.8 Å². The third-order valence-corrected chi connectivity index (χ3v) is 4.59. The van der Waals surface area contributed by atoms with Crippen LogP contribution in [0.5, 0.6) is 0 Å². The van der Waals surface area contributed by atoms with Gasteiger partial charge >= 0.3 is 17.6 Å². The molecule has 2 aromatic rings. The number of benzene rings is 1. The number of Topliss-reactive ketones (excluding diaryl/α,β-unsaturated/α-hetero) is 1. The summed E-state index contributed by atoms with van der Waals surface area (Å²) in [4.78, 5) is 13.2. The van der Waals surface area contributed by atoms with Crippen LogP contribution in [-0.4, -0.2) is 24.9 Å². The Labute approximate surface area is 150 Å². The summed E-state index contributed by atoms with van der Waals surface area (Å²) in [5, 5.41) is 24.7. The zero-order chi connectivity index (χ0) is 20.1. The van der Waals surface area contributed by atoms with Crippen LogP contribution in [0.1, 0.15) is 35.9 Å². The molecule has 3 rings (SSSR count). The predicted octanol–water partition coefficient (Wildman–Crippen LogP) is 1.39. The first-order valence-corrected chi connectivity index (χ1v) is 8.13. The van der Waals surface area contributed by atoms with Gasteiger partial charge in [-0.15, -0.1) is 4.73 Å². The van der Waals surface area contributed by atoms with E-state index in [0.29, 0.717) is 32.0 Å². The highest BCUT2D eigenvalue weighted by atomic mass is 19.4. The molecule has 1 aromatic heterocycles. The summed E-state index contributed by atoms with van der Waals surface area (Å²) in [5.41, 5.74) is 1.14. The number of hydrogen-bond donors (Lipinski definition) is 1. The maximum Gasteiger partial charge on any atom is 0.486 e. The molecule has 2 heterocycles. The van der Waals surface area contributed by atoms with Crippen LogP contribution >= 0.6 is 0 Å². The summed E-state index contributed by atoms with van der Waals surface area (Å²) < 4.78 is 53.4. The number of ketones is 1. The summed E-state index contributed by atoms with van der Waals surface area (Å²) in [5.74, 6) is -2.16. The first kappa shape index (κ1) is 19.1. The molecule has 2 N–H and O–H groups in total. The van der Waals surface area contributed by atoms with Crippen LogP contribution in [-0.2, 0) is 6.18 Å². The van der Waals surface area contributed by atoms with Crippen LogP contribution in [0.2, 0.25) is 0 Å². The molecule has 1 aromatic carbocycles. The van der Waals surface area contributed by atoms with Crippen molar-refractivity contribution < 1.29 is 31.8 Å². The Morgan fingerprint density at radius 2 is 1.74 bits per heavy atom. The molecule has 27 heavy (non-hydrogen) atoms. The zero-order valence-corrected chi connectivity index (χ0v) is 14.2. The molecular formula is C16H16F4N4O3. The lowest BCUT2D eigenvalue weighted by Gasteiger charge is -2.32. The molecule has 1 fully saturated rings. The number of hydrogen-bond acceptors (Lipinski definition) is 5. The van der Waals surface area contributed by atoms with E-state index < -0.39 is 44.9 Å². The summed E-state index contributed by atoms with van der Waals surface area (Å²) in [6.07, 6.45) is -4.12. The molecule has 0 aliphatic carbocycles. The third kappa shape index (κ3) is 3.22. The number of aromatic nitrogens is 2. The number of rotatable bonds is 2. The summed E-state index contributed by atoms with van der Waals surface area (Å²) in [6.45, 7) is 1.53. The van der Waals surface area contributed by atoms with Gasteiger partial charge in [0.1, 0.15) is 0 Å². The topological polar surface area (TPSA) is 100 Å². The van der Waals surface area contributed by atoms with E-state index in [1.54, 1.807) is 4.90 Å². The van der Waals surface area contributed by atoms with Crippen LogP contribution in [0.3, 0.4) is 0 Å². The van der Waals surface area contributed by atoms with Crippen LogP contribution in [0.15, 0.2) is 12.1 Å². The predicted molar refractivity (Wildman–Crippen MR) is 86.3 cm³/mol. The number of carbonyl (C=O) groups excluding carboxylic acids is 1. The van der Waals surface area contributed by atoms with Gasteiger partial charge in [-0.3, -0.25) is 4.79 Å². The molecule has 11 heteroatoms. The second kappa shape index (κ2) is 6.48. The maximum atomic E-state index is 14.5. The van der Waals surface area contributed by atoms with Crippen LogP contribution in [0.25, 0.3) is 11.0 Å². The molecule has 0 bridgehead atoms. The molecule has 1 aliphatic heterocycles. The average Bonchev–Trinajstić information content (AvgIpc) is 2.57. The van der Waals surface area contributed by atoms with Gasteiger partial charge in [0.2, 0.25) is 5.78 Å². The van der Waals surface area contributed by atoms with Gasteiger partial charge in [-0.25, -0.2) is 4.39 Å². The number of nitrogens with two attached hydrogens (primary N) is 1. The smallest absolute Gasteiger partial charge is 0.486 e. The Morgan fingerprint density at radius 3 is 2.26 bits per heavy atom. The molecule has 0 amide bonds. The zero-order valence-electron chi connectivity index (χ0n) is 14.2. The molecule has 0 saturated carbocycles. The average molecular weight is 388 g/mol. The van der Waals surface area contributed by atoms with Gasteiger partial charge in [-0.1, -0.05) is 0 Å². The van der Waals surface area contributed by atoms with Crippen LogP contribution in [0, 0.1) is 16.2 Å². The highest BCUT2D eigenvalue weighted by molar-refractivity contribution is 5.92. The van der Waals surface area contributed by atoms with Gasteiger partial charge in [0.25, 0.3) is 11.0 Å². The highest BCUT2D eigenvalue weighted by Gasteiger charge is 2.50. The summed E-state index contributed by atoms with van der Waals surface area (Å²) in [6, 6.07) is 1.53. The van der Waals surface area contributed by atoms with E-state index in [1.807, 2.05) is 0 Å². The summed E-state index contributed by atoms with van der Waals surface area (Å²) >= 11 is 0. The molecule has 0 unspecified atom stereocenters. The fraction of sp³-hybridized carbons (Fsp3) is 0.438. The van der Waals surface area contributed by atoms with Crippen molar-refractivity contribution in [2.75, 3.05) is 18.0 Å². The van der Waals surface area contributed by atoms with Gasteiger partial charge in [0.15, 0.2) is 5.82 Å². The highest BCUT2D eigenvalue weighted by Crippen LogP contribution is 2.31. The van der Waals surface area contributed by atoms with Gasteiger partial charge in [0.05, 0.1) is 11.8 Å². The number of fused-ring (bicyclic) bond motifs is 1. The lowest BCUT2D eigenvalue weighted by atomic mass is 10.0. The Hall–Kier alpha value is -2.69. The first-order valence-electron chi connectivity index (χ1n) is 8.13. The van der Waals surface area contributed by atoms with Gasteiger partial charge in [-0.2, -0.15) is 17.9 Å². The lowest BCUT2D eigenvalue weighted by molar-refractivity contribution is -0.647. The lowest BCUT2D eigenvalue weighted by Crippen LogP contribution is -2.50. The minimum Gasteiger partial charge on any atom is -0.618 e. The fourth-order valence-electron chi connectivity index (χ4n) is 3.24. The number of piperidine rings is 1. The fourth-order valence-corrected chi connectivity index (χ4v) is 3.24. The second-order valence-corrected chi connectivity index (χ2v) is 6.46. The standard InChI is InChI=1S/C16H16F4N4O3/c1-8(25)14-15(16(18,19)20)24(27)12-6-10(17)11(7-13(12)23(14)26)22-4-2-9(21)3-5-22/h6-7,9H,2-5,21H2,1H3. The normalized spacial score (nSPS) is 16.1. The number of carbonyl (C=O) groups is 1. The largest absolute Gasteiger partial charge is 0.618 e. The quantitative estimate of drug-likeness (QED) is 0.363. The van der Waals surface area contributed by atoms with E-state index in [-0.39, 0.29) is 16.5 Å². The Balaban J connectivity index is 2.28. The van der Waals surface area contributed by atoms with E-state index in [4.69, 9.17) is 5.73 Å². The number of halogens is 4. The van der Waals surface area contributed by atoms with Crippen LogP contribution < -0.4 is 20.1 Å².